The van der Waals surface area contributed by atoms with Crippen LogP contribution in [-0.2, 0) is 9.59 Å². The SMILES string of the molecule is O=C1C(O)=C(c2cccs2)C(=O)N1C1CCCCC1. The Morgan fingerprint density at radius 3 is 2.53 bits per heavy atom. The molecule has 19 heavy (non-hydrogen) atoms. The van der Waals surface area contributed by atoms with E-state index in [1.807, 2.05) is 5.38 Å². The van der Waals surface area contributed by atoms with Gasteiger partial charge in [-0.2, -0.15) is 0 Å². The van der Waals surface area contributed by atoms with E-state index in [-0.39, 0.29) is 17.5 Å². The highest BCUT2D eigenvalue weighted by Crippen LogP contribution is 2.34. The molecule has 1 fully saturated rings. The molecular weight excluding hydrogens is 262 g/mol. The zero-order valence-electron chi connectivity index (χ0n) is 10.5. The van der Waals surface area contributed by atoms with E-state index in [4.69, 9.17) is 0 Å². The Balaban J connectivity index is 1.92. The summed E-state index contributed by atoms with van der Waals surface area (Å²) in [5.41, 5.74) is 0.172. The number of amides is 2. The van der Waals surface area contributed by atoms with Crippen molar-refractivity contribution in [2.24, 2.45) is 0 Å². The average Bonchev–Trinajstić information content (AvgIpc) is 3.00. The summed E-state index contributed by atoms with van der Waals surface area (Å²) in [6.45, 7) is 0. The lowest BCUT2D eigenvalue weighted by Crippen LogP contribution is -2.42. The maximum Gasteiger partial charge on any atom is 0.296 e. The van der Waals surface area contributed by atoms with Gasteiger partial charge in [-0.3, -0.25) is 14.5 Å². The fourth-order valence-electron chi connectivity index (χ4n) is 2.85. The second-order valence-electron chi connectivity index (χ2n) is 4.97. The van der Waals surface area contributed by atoms with E-state index in [1.54, 1.807) is 12.1 Å². The molecule has 0 atom stereocenters. The molecule has 2 amide bonds. The molecule has 0 aromatic carbocycles. The van der Waals surface area contributed by atoms with Crippen molar-refractivity contribution in [2.75, 3.05) is 0 Å². The molecule has 2 aliphatic rings. The van der Waals surface area contributed by atoms with Gasteiger partial charge in [0.25, 0.3) is 11.8 Å². The minimum absolute atomic E-state index is 0.0478. The van der Waals surface area contributed by atoms with E-state index < -0.39 is 11.7 Å². The fourth-order valence-corrected chi connectivity index (χ4v) is 3.61. The van der Waals surface area contributed by atoms with Crippen LogP contribution in [0.15, 0.2) is 23.3 Å². The number of hydrogen-bond donors (Lipinski definition) is 1. The van der Waals surface area contributed by atoms with E-state index in [0.717, 1.165) is 32.1 Å². The molecule has 1 N–H and O–H groups in total. The third-order valence-corrected chi connectivity index (χ3v) is 4.69. The van der Waals surface area contributed by atoms with Gasteiger partial charge in [-0.1, -0.05) is 25.3 Å². The Labute approximate surface area is 115 Å². The topological polar surface area (TPSA) is 57.6 Å². The average molecular weight is 277 g/mol. The van der Waals surface area contributed by atoms with Gasteiger partial charge >= 0.3 is 0 Å². The van der Waals surface area contributed by atoms with Crippen LogP contribution in [0.1, 0.15) is 37.0 Å². The fraction of sp³-hybridized carbons (Fsp3) is 0.429. The Kier molecular flexibility index (Phi) is 3.14. The highest BCUT2D eigenvalue weighted by atomic mass is 32.1. The first kappa shape index (κ1) is 12.4. The molecule has 0 unspecified atom stereocenters. The molecule has 1 aromatic heterocycles. The van der Waals surface area contributed by atoms with Gasteiger partial charge in [0, 0.05) is 10.9 Å². The van der Waals surface area contributed by atoms with Gasteiger partial charge < -0.3 is 5.11 Å². The highest BCUT2D eigenvalue weighted by Gasteiger charge is 2.43. The first-order valence-corrected chi connectivity index (χ1v) is 7.43. The Morgan fingerprint density at radius 1 is 1.16 bits per heavy atom. The van der Waals surface area contributed by atoms with Crippen LogP contribution in [0, 0.1) is 0 Å². The number of aliphatic hydroxyl groups is 1. The Hall–Kier alpha value is -1.62. The number of imide groups is 1. The highest BCUT2D eigenvalue weighted by molar-refractivity contribution is 7.11. The largest absolute Gasteiger partial charge is 0.502 e. The lowest BCUT2D eigenvalue weighted by Gasteiger charge is -2.29. The monoisotopic (exact) mass is 277 g/mol. The lowest BCUT2D eigenvalue weighted by molar-refractivity contribution is -0.141. The zero-order valence-corrected chi connectivity index (χ0v) is 11.3. The number of thiophene rings is 1. The third-order valence-electron chi connectivity index (χ3n) is 3.80. The van der Waals surface area contributed by atoms with Crippen molar-refractivity contribution in [1.29, 1.82) is 0 Å². The Morgan fingerprint density at radius 2 is 1.89 bits per heavy atom. The smallest absolute Gasteiger partial charge is 0.296 e. The number of aliphatic hydroxyl groups excluding tert-OH is 1. The van der Waals surface area contributed by atoms with Crippen molar-refractivity contribution in [2.45, 2.75) is 38.1 Å². The van der Waals surface area contributed by atoms with E-state index in [9.17, 15) is 14.7 Å². The molecule has 100 valence electrons. The quantitative estimate of drug-likeness (QED) is 0.846. The summed E-state index contributed by atoms with van der Waals surface area (Å²) in [6, 6.07) is 3.51. The zero-order chi connectivity index (χ0) is 13.4. The maximum atomic E-state index is 12.4. The molecule has 1 aromatic rings. The van der Waals surface area contributed by atoms with Crippen LogP contribution < -0.4 is 0 Å². The molecule has 0 saturated heterocycles. The number of rotatable bonds is 2. The van der Waals surface area contributed by atoms with E-state index in [2.05, 4.69) is 0 Å². The van der Waals surface area contributed by atoms with Crippen LogP contribution in [0.2, 0.25) is 0 Å². The molecule has 0 radical (unpaired) electrons. The molecule has 0 spiro atoms. The minimum atomic E-state index is -0.527. The molecule has 4 nitrogen and oxygen atoms in total. The number of carbonyl (C=O) groups is 2. The summed E-state index contributed by atoms with van der Waals surface area (Å²) >= 11 is 1.36. The van der Waals surface area contributed by atoms with Crippen LogP contribution in [0.3, 0.4) is 0 Å². The third kappa shape index (κ3) is 1.98. The Bertz CT molecular complexity index is 541. The van der Waals surface area contributed by atoms with Crippen molar-refractivity contribution in [3.63, 3.8) is 0 Å². The molecule has 1 saturated carbocycles. The molecule has 3 rings (SSSR count). The lowest BCUT2D eigenvalue weighted by atomic mass is 9.94. The molecular formula is C14H15NO3S. The predicted molar refractivity (Wildman–Crippen MR) is 72.6 cm³/mol. The molecule has 5 heteroatoms. The summed E-state index contributed by atoms with van der Waals surface area (Å²) in [6.07, 6.45) is 4.93. The second-order valence-corrected chi connectivity index (χ2v) is 5.92. The first-order chi connectivity index (χ1) is 9.20. The maximum absolute atomic E-state index is 12.4. The van der Waals surface area contributed by atoms with Gasteiger partial charge in [0.1, 0.15) is 5.57 Å². The molecule has 0 bridgehead atoms. The summed E-state index contributed by atoms with van der Waals surface area (Å²) in [5, 5.41) is 11.8. The van der Waals surface area contributed by atoms with E-state index in [1.165, 1.54) is 16.2 Å². The molecule has 1 aliphatic carbocycles. The summed E-state index contributed by atoms with van der Waals surface area (Å²) in [4.78, 5) is 26.5. The van der Waals surface area contributed by atoms with Crippen molar-refractivity contribution in [1.82, 2.24) is 4.90 Å². The van der Waals surface area contributed by atoms with Gasteiger partial charge in [0.2, 0.25) is 0 Å². The van der Waals surface area contributed by atoms with E-state index >= 15 is 0 Å². The minimum Gasteiger partial charge on any atom is -0.502 e. The molecule has 1 aliphatic heterocycles. The van der Waals surface area contributed by atoms with Gasteiger partial charge in [-0.25, -0.2) is 0 Å². The number of hydrogen-bond acceptors (Lipinski definition) is 4. The van der Waals surface area contributed by atoms with Crippen molar-refractivity contribution in [3.8, 4) is 0 Å². The number of nitrogens with zero attached hydrogens (tertiary/aromatic N) is 1. The summed E-state index contributed by atoms with van der Waals surface area (Å²) in [5.74, 6) is -1.25. The van der Waals surface area contributed by atoms with Gasteiger partial charge in [0.05, 0.1) is 0 Å². The normalized spacial score (nSPS) is 21.6. The van der Waals surface area contributed by atoms with Crippen LogP contribution in [0.4, 0.5) is 0 Å². The van der Waals surface area contributed by atoms with Gasteiger partial charge in [-0.05, 0) is 24.3 Å². The first-order valence-electron chi connectivity index (χ1n) is 6.55. The molecule has 2 heterocycles. The summed E-state index contributed by atoms with van der Waals surface area (Å²) < 4.78 is 0. The van der Waals surface area contributed by atoms with Gasteiger partial charge in [-0.15, -0.1) is 11.3 Å². The summed E-state index contributed by atoms with van der Waals surface area (Å²) in [7, 11) is 0. The van der Waals surface area contributed by atoms with Gasteiger partial charge in [0.15, 0.2) is 5.76 Å². The van der Waals surface area contributed by atoms with Crippen LogP contribution in [0.25, 0.3) is 5.57 Å². The second kappa shape index (κ2) is 4.81. The van der Waals surface area contributed by atoms with Crippen LogP contribution in [-0.4, -0.2) is 27.9 Å². The van der Waals surface area contributed by atoms with Crippen molar-refractivity contribution >= 4 is 28.7 Å². The van der Waals surface area contributed by atoms with Crippen LogP contribution >= 0.6 is 11.3 Å². The van der Waals surface area contributed by atoms with Crippen molar-refractivity contribution < 1.29 is 14.7 Å². The van der Waals surface area contributed by atoms with E-state index in [0.29, 0.717) is 4.88 Å². The van der Waals surface area contributed by atoms with Crippen LogP contribution in [0.5, 0.6) is 0 Å². The standard InChI is InChI=1S/C14H15NO3S/c16-12-11(10-7-4-8-19-10)13(17)15(14(12)18)9-5-2-1-3-6-9/h4,7-9,16H,1-3,5-6H2. The number of carbonyl (C=O) groups excluding carboxylic acids is 2. The predicted octanol–water partition coefficient (Wildman–Crippen LogP) is 2.72. The van der Waals surface area contributed by atoms with Crippen molar-refractivity contribution in [3.05, 3.63) is 28.1 Å².